The van der Waals surface area contributed by atoms with Crippen molar-refractivity contribution >= 4 is 44.1 Å². The van der Waals surface area contributed by atoms with Crippen LogP contribution in [0.25, 0.3) is 0 Å². The number of rotatable bonds is 3. The van der Waals surface area contributed by atoms with Gasteiger partial charge in [-0.05, 0) is 44.0 Å². The number of nitrogens with one attached hydrogen (secondary N) is 1. The van der Waals surface area contributed by atoms with Crippen LogP contribution in [0.4, 0.5) is 10.8 Å². The summed E-state index contributed by atoms with van der Waals surface area (Å²) in [5.74, 6) is -0.939. The van der Waals surface area contributed by atoms with E-state index in [9.17, 15) is 4.79 Å². The Morgan fingerprint density at radius 2 is 1.89 bits per heavy atom. The molecule has 0 spiro atoms. The first-order valence-corrected chi connectivity index (χ1v) is 7.24. The molecule has 6 heteroatoms. The van der Waals surface area contributed by atoms with Crippen LogP contribution in [0.15, 0.2) is 16.6 Å². The molecule has 0 aliphatic heterocycles. The predicted octanol–water partition coefficient (Wildman–Crippen LogP) is 4.27. The molecule has 1 aromatic carbocycles. The molecule has 0 amide bonds. The normalized spacial score (nSPS) is 10.5. The molecule has 4 nitrogen and oxygen atoms in total. The fourth-order valence-electron chi connectivity index (χ4n) is 1.79. The maximum atomic E-state index is 11.0. The Bertz CT molecular complexity index is 629. The summed E-state index contributed by atoms with van der Waals surface area (Å²) in [7, 11) is 0. The number of carboxylic acids is 1. The van der Waals surface area contributed by atoms with E-state index < -0.39 is 5.97 Å². The fourth-order valence-corrected chi connectivity index (χ4v) is 2.84. The van der Waals surface area contributed by atoms with Gasteiger partial charge in [0.2, 0.25) is 0 Å². The summed E-state index contributed by atoms with van der Waals surface area (Å²) in [5.41, 5.74) is 3.68. The first kappa shape index (κ1) is 14.0. The second-order valence-electron chi connectivity index (χ2n) is 4.29. The number of hydrogen-bond acceptors (Lipinski definition) is 4. The molecule has 1 aromatic heterocycles. The molecule has 0 saturated carbocycles. The van der Waals surface area contributed by atoms with Gasteiger partial charge < -0.3 is 10.4 Å². The van der Waals surface area contributed by atoms with E-state index >= 15 is 0 Å². The standard InChI is InChI=1S/C13H13BrN2O2S/c1-6-4-9(5-7(2)10(6)14)16-13-15-8(3)11(19-13)12(17)18/h4-5H,1-3H3,(H,15,16)(H,17,18). The molecule has 0 aliphatic rings. The minimum Gasteiger partial charge on any atom is -0.477 e. The number of carboxylic acid groups (broad SMARTS) is 1. The van der Waals surface area contributed by atoms with E-state index in [1.54, 1.807) is 6.92 Å². The summed E-state index contributed by atoms with van der Waals surface area (Å²) in [5, 5.41) is 12.8. The van der Waals surface area contributed by atoms with Crippen molar-refractivity contribution in [1.82, 2.24) is 4.98 Å². The molecule has 0 radical (unpaired) electrons. The second kappa shape index (κ2) is 5.30. The monoisotopic (exact) mass is 340 g/mol. The van der Waals surface area contributed by atoms with E-state index in [2.05, 4.69) is 26.2 Å². The van der Waals surface area contributed by atoms with Gasteiger partial charge in [-0.3, -0.25) is 0 Å². The van der Waals surface area contributed by atoms with Gasteiger partial charge in [0.1, 0.15) is 4.88 Å². The zero-order valence-electron chi connectivity index (χ0n) is 10.7. The van der Waals surface area contributed by atoms with Crippen LogP contribution in [-0.2, 0) is 0 Å². The SMILES string of the molecule is Cc1cc(Nc2nc(C)c(C(=O)O)s2)cc(C)c1Br. The summed E-state index contributed by atoms with van der Waals surface area (Å²) in [6.45, 7) is 5.72. The summed E-state index contributed by atoms with van der Waals surface area (Å²) < 4.78 is 1.08. The lowest BCUT2D eigenvalue weighted by Gasteiger charge is -2.08. The van der Waals surface area contributed by atoms with Gasteiger partial charge in [-0.1, -0.05) is 27.3 Å². The highest BCUT2D eigenvalue weighted by molar-refractivity contribution is 9.10. The molecule has 1 heterocycles. The molecule has 0 fully saturated rings. The van der Waals surface area contributed by atoms with Gasteiger partial charge in [-0.25, -0.2) is 9.78 Å². The molecule has 2 N–H and O–H groups in total. The number of hydrogen-bond donors (Lipinski definition) is 2. The zero-order valence-corrected chi connectivity index (χ0v) is 13.1. The topological polar surface area (TPSA) is 62.2 Å². The summed E-state index contributed by atoms with van der Waals surface area (Å²) in [6, 6.07) is 3.99. The van der Waals surface area contributed by atoms with E-state index in [1.165, 1.54) is 0 Å². The lowest BCUT2D eigenvalue weighted by Crippen LogP contribution is -1.94. The van der Waals surface area contributed by atoms with E-state index in [0.29, 0.717) is 10.8 Å². The number of halogens is 1. The van der Waals surface area contributed by atoms with Crippen molar-refractivity contribution in [3.8, 4) is 0 Å². The van der Waals surface area contributed by atoms with Crippen LogP contribution in [0.3, 0.4) is 0 Å². The van der Waals surface area contributed by atoms with Gasteiger partial charge in [0.05, 0.1) is 5.69 Å². The second-order valence-corrected chi connectivity index (χ2v) is 6.08. The third-order valence-corrected chi connectivity index (χ3v) is 4.99. The maximum Gasteiger partial charge on any atom is 0.347 e. The highest BCUT2D eigenvalue weighted by atomic mass is 79.9. The molecule has 19 heavy (non-hydrogen) atoms. The molecule has 0 bridgehead atoms. The quantitative estimate of drug-likeness (QED) is 0.875. The third kappa shape index (κ3) is 2.96. The molecule has 0 aliphatic carbocycles. The van der Waals surface area contributed by atoms with Crippen LogP contribution in [0, 0.1) is 20.8 Å². The molecular weight excluding hydrogens is 328 g/mol. The van der Waals surface area contributed by atoms with Crippen LogP contribution in [-0.4, -0.2) is 16.1 Å². The Hall–Kier alpha value is -1.40. The van der Waals surface area contributed by atoms with Crippen LogP contribution in [0.5, 0.6) is 0 Å². The number of carbonyl (C=O) groups is 1. The van der Waals surface area contributed by atoms with Crippen LogP contribution < -0.4 is 5.32 Å². The number of thiazole rings is 1. The zero-order chi connectivity index (χ0) is 14.2. The molecule has 2 rings (SSSR count). The van der Waals surface area contributed by atoms with Crippen molar-refractivity contribution in [2.75, 3.05) is 5.32 Å². The van der Waals surface area contributed by atoms with E-state index in [1.807, 2.05) is 26.0 Å². The Morgan fingerprint density at radius 1 is 1.32 bits per heavy atom. The lowest BCUT2D eigenvalue weighted by atomic mass is 10.1. The average molecular weight is 341 g/mol. The molecule has 100 valence electrons. The third-order valence-electron chi connectivity index (χ3n) is 2.68. The highest BCUT2D eigenvalue weighted by Gasteiger charge is 2.14. The van der Waals surface area contributed by atoms with Gasteiger partial charge in [-0.15, -0.1) is 0 Å². The van der Waals surface area contributed by atoms with Crippen LogP contribution in [0.2, 0.25) is 0 Å². The Morgan fingerprint density at radius 3 is 2.37 bits per heavy atom. The van der Waals surface area contributed by atoms with Gasteiger partial charge in [0.15, 0.2) is 5.13 Å². The van der Waals surface area contributed by atoms with Gasteiger partial charge >= 0.3 is 5.97 Å². The Labute approximate surface area is 123 Å². The Balaban J connectivity index is 2.31. The fraction of sp³-hybridized carbons (Fsp3) is 0.231. The number of aromatic nitrogens is 1. The predicted molar refractivity (Wildman–Crippen MR) is 80.7 cm³/mol. The van der Waals surface area contributed by atoms with Crippen molar-refractivity contribution < 1.29 is 9.90 Å². The minimum absolute atomic E-state index is 0.271. The molecule has 0 atom stereocenters. The molecular formula is C13H13BrN2O2S. The van der Waals surface area contributed by atoms with E-state index in [0.717, 1.165) is 32.6 Å². The number of aryl methyl sites for hydroxylation is 3. The molecule has 0 unspecified atom stereocenters. The van der Waals surface area contributed by atoms with Crippen molar-refractivity contribution in [1.29, 1.82) is 0 Å². The maximum absolute atomic E-state index is 11.0. The highest BCUT2D eigenvalue weighted by Crippen LogP contribution is 2.29. The summed E-state index contributed by atoms with van der Waals surface area (Å²) >= 11 is 4.66. The largest absolute Gasteiger partial charge is 0.477 e. The molecule has 2 aromatic rings. The van der Waals surface area contributed by atoms with Crippen molar-refractivity contribution in [3.63, 3.8) is 0 Å². The molecule has 0 saturated heterocycles. The van der Waals surface area contributed by atoms with Gasteiger partial charge in [-0.2, -0.15) is 0 Å². The minimum atomic E-state index is -0.939. The number of benzene rings is 1. The first-order valence-electron chi connectivity index (χ1n) is 5.63. The Kier molecular flexibility index (Phi) is 3.91. The van der Waals surface area contributed by atoms with Gasteiger partial charge in [0, 0.05) is 10.2 Å². The average Bonchev–Trinajstić information content (AvgIpc) is 2.67. The lowest BCUT2D eigenvalue weighted by molar-refractivity contribution is 0.0701. The van der Waals surface area contributed by atoms with Crippen molar-refractivity contribution in [3.05, 3.63) is 38.3 Å². The van der Waals surface area contributed by atoms with E-state index in [4.69, 9.17) is 5.11 Å². The summed E-state index contributed by atoms with van der Waals surface area (Å²) in [6.07, 6.45) is 0. The van der Waals surface area contributed by atoms with Gasteiger partial charge in [0.25, 0.3) is 0 Å². The van der Waals surface area contributed by atoms with Crippen molar-refractivity contribution in [2.45, 2.75) is 20.8 Å². The van der Waals surface area contributed by atoms with E-state index in [-0.39, 0.29) is 4.88 Å². The first-order chi connectivity index (χ1) is 8.88. The van der Waals surface area contributed by atoms with Crippen LogP contribution in [0.1, 0.15) is 26.5 Å². The number of anilines is 2. The summed E-state index contributed by atoms with van der Waals surface area (Å²) in [4.78, 5) is 15.5. The number of aromatic carboxylic acids is 1. The van der Waals surface area contributed by atoms with Crippen LogP contribution >= 0.6 is 27.3 Å². The smallest absolute Gasteiger partial charge is 0.347 e. The van der Waals surface area contributed by atoms with Crippen molar-refractivity contribution in [2.24, 2.45) is 0 Å². The number of nitrogens with zero attached hydrogens (tertiary/aromatic N) is 1.